The van der Waals surface area contributed by atoms with Crippen molar-refractivity contribution in [2.75, 3.05) is 26.2 Å². The second kappa shape index (κ2) is 7.88. The number of carbonyl (C=O) groups excluding carboxylic acids is 1. The number of nitrogens with zero attached hydrogens (tertiary/aromatic N) is 3. The van der Waals surface area contributed by atoms with E-state index in [-0.39, 0.29) is 6.04 Å². The Kier molecular flexibility index (Phi) is 5.51. The Morgan fingerprint density at radius 3 is 2.48 bits per heavy atom. The van der Waals surface area contributed by atoms with E-state index >= 15 is 0 Å². The van der Waals surface area contributed by atoms with Gasteiger partial charge in [0.25, 0.3) is 0 Å². The fourth-order valence-electron chi connectivity index (χ4n) is 4.86. The van der Waals surface area contributed by atoms with Gasteiger partial charge in [-0.25, -0.2) is 4.98 Å². The minimum atomic E-state index is -0.00110. The molecule has 0 radical (unpaired) electrons. The Labute approximate surface area is 166 Å². The molecule has 0 aliphatic carbocycles. The summed E-state index contributed by atoms with van der Waals surface area (Å²) in [5, 5.41) is 1.27. The maximum atomic E-state index is 13.0. The van der Waals surface area contributed by atoms with Gasteiger partial charge in [-0.2, -0.15) is 0 Å². The average Bonchev–Trinajstić information content (AvgIpc) is 3.10. The molecule has 2 saturated heterocycles. The Bertz CT molecular complexity index is 753. The smallest absolute Gasteiger partial charge is 0.239 e. The van der Waals surface area contributed by atoms with Crippen LogP contribution in [0.5, 0.6) is 0 Å². The number of carbonyl (C=O) groups is 1. The van der Waals surface area contributed by atoms with Gasteiger partial charge >= 0.3 is 0 Å². The van der Waals surface area contributed by atoms with Gasteiger partial charge in [0, 0.05) is 19.0 Å². The van der Waals surface area contributed by atoms with Gasteiger partial charge < -0.3 is 4.90 Å². The van der Waals surface area contributed by atoms with E-state index in [1.165, 1.54) is 16.1 Å². The molecule has 0 spiro atoms. The Morgan fingerprint density at radius 2 is 1.81 bits per heavy atom. The highest BCUT2D eigenvalue weighted by molar-refractivity contribution is 7.18. The molecule has 5 heteroatoms. The molecule has 0 unspecified atom stereocenters. The lowest BCUT2D eigenvalue weighted by Crippen LogP contribution is -2.52. The number of hydrogen-bond acceptors (Lipinski definition) is 4. The van der Waals surface area contributed by atoms with Crippen LogP contribution in [0.4, 0.5) is 0 Å². The molecule has 146 valence electrons. The molecule has 0 bridgehead atoms. The molecule has 1 aromatic carbocycles. The number of amides is 1. The highest BCUT2D eigenvalue weighted by Crippen LogP contribution is 2.34. The van der Waals surface area contributed by atoms with Crippen molar-refractivity contribution in [2.24, 2.45) is 11.8 Å². The summed E-state index contributed by atoms with van der Waals surface area (Å²) in [6.45, 7) is 10.5. The SMILES string of the molecule is C[C@H]1C[C@H](C)CN(C(=O)[C@@H](C)N2CCC(c3nc4ccccc4s3)CC2)C1. The second-order valence-electron chi connectivity index (χ2n) is 8.70. The quantitative estimate of drug-likeness (QED) is 0.787. The van der Waals surface area contributed by atoms with Gasteiger partial charge in [-0.1, -0.05) is 26.0 Å². The average molecular weight is 386 g/mol. The Morgan fingerprint density at radius 1 is 1.15 bits per heavy atom. The van der Waals surface area contributed by atoms with Crippen molar-refractivity contribution < 1.29 is 4.79 Å². The van der Waals surface area contributed by atoms with Crippen molar-refractivity contribution in [3.8, 4) is 0 Å². The number of likely N-dealkylation sites (tertiary alicyclic amines) is 2. The zero-order valence-corrected chi connectivity index (χ0v) is 17.5. The number of hydrogen-bond donors (Lipinski definition) is 0. The molecule has 3 atom stereocenters. The van der Waals surface area contributed by atoms with E-state index in [4.69, 9.17) is 4.98 Å². The van der Waals surface area contributed by atoms with Crippen molar-refractivity contribution in [1.29, 1.82) is 0 Å². The molecular formula is C22H31N3OS. The molecule has 2 aliphatic heterocycles. The predicted molar refractivity (Wildman–Crippen MR) is 112 cm³/mol. The number of fused-ring (bicyclic) bond motifs is 1. The third-order valence-electron chi connectivity index (χ3n) is 6.27. The minimum Gasteiger partial charge on any atom is -0.341 e. The standard InChI is InChI=1S/C22H31N3OS/c1-15-12-16(2)14-25(13-15)22(26)17(3)24-10-8-18(9-11-24)21-23-19-6-4-5-7-20(19)27-21/h4-7,15-18H,8-14H2,1-3H3/t15-,16-,17+/m0/s1. The van der Waals surface area contributed by atoms with Crippen molar-refractivity contribution in [3.63, 3.8) is 0 Å². The fraction of sp³-hybridized carbons (Fsp3) is 0.636. The van der Waals surface area contributed by atoms with E-state index < -0.39 is 0 Å². The topological polar surface area (TPSA) is 36.4 Å². The first kappa shape index (κ1) is 18.9. The Balaban J connectivity index is 1.36. The van der Waals surface area contributed by atoms with Gasteiger partial charge in [0.1, 0.15) is 0 Å². The number of aromatic nitrogens is 1. The number of rotatable bonds is 3. The van der Waals surface area contributed by atoms with E-state index in [1.54, 1.807) is 0 Å². The highest BCUT2D eigenvalue weighted by Gasteiger charge is 2.33. The molecule has 1 amide bonds. The lowest BCUT2D eigenvalue weighted by molar-refractivity contribution is -0.139. The van der Waals surface area contributed by atoms with E-state index in [1.807, 2.05) is 11.3 Å². The summed E-state index contributed by atoms with van der Waals surface area (Å²) >= 11 is 1.84. The number of benzene rings is 1. The van der Waals surface area contributed by atoms with Gasteiger partial charge in [0.15, 0.2) is 0 Å². The van der Waals surface area contributed by atoms with Crippen molar-refractivity contribution >= 4 is 27.5 Å². The summed E-state index contributed by atoms with van der Waals surface area (Å²) in [7, 11) is 0. The van der Waals surface area contributed by atoms with Gasteiger partial charge in [-0.15, -0.1) is 11.3 Å². The van der Waals surface area contributed by atoms with Crippen LogP contribution in [0.3, 0.4) is 0 Å². The predicted octanol–water partition coefficient (Wildman–Crippen LogP) is 4.37. The van der Waals surface area contributed by atoms with E-state index in [0.717, 1.165) is 44.5 Å². The molecule has 2 fully saturated rings. The summed E-state index contributed by atoms with van der Waals surface area (Å²) in [6.07, 6.45) is 3.44. The molecule has 2 aliphatic rings. The molecule has 4 nitrogen and oxygen atoms in total. The number of piperidine rings is 2. The number of thiazole rings is 1. The summed E-state index contributed by atoms with van der Waals surface area (Å²) in [4.78, 5) is 22.4. The molecular weight excluding hydrogens is 354 g/mol. The molecule has 4 rings (SSSR count). The molecule has 1 aromatic heterocycles. The zero-order chi connectivity index (χ0) is 19.0. The van der Waals surface area contributed by atoms with Gasteiger partial charge in [0.05, 0.1) is 21.3 Å². The molecule has 0 saturated carbocycles. The second-order valence-corrected chi connectivity index (χ2v) is 9.76. The summed E-state index contributed by atoms with van der Waals surface area (Å²) in [5.74, 6) is 2.10. The maximum absolute atomic E-state index is 13.0. The lowest BCUT2D eigenvalue weighted by atomic mass is 9.91. The van der Waals surface area contributed by atoms with Crippen LogP contribution in [0, 0.1) is 11.8 Å². The van der Waals surface area contributed by atoms with Crippen LogP contribution in [0.1, 0.15) is 51.0 Å². The van der Waals surface area contributed by atoms with Crippen LogP contribution in [0.15, 0.2) is 24.3 Å². The highest BCUT2D eigenvalue weighted by atomic mass is 32.1. The monoisotopic (exact) mass is 385 g/mol. The van der Waals surface area contributed by atoms with E-state index in [9.17, 15) is 4.79 Å². The van der Waals surface area contributed by atoms with E-state index in [2.05, 4.69) is 54.8 Å². The fourth-order valence-corrected chi connectivity index (χ4v) is 6.00. The first-order valence-electron chi connectivity index (χ1n) is 10.4. The van der Waals surface area contributed by atoms with E-state index in [0.29, 0.717) is 23.7 Å². The molecule has 3 heterocycles. The van der Waals surface area contributed by atoms with Crippen molar-refractivity contribution in [1.82, 2.24) is 14.8 Å². The van der Waals surface area contributed by atoms with Crippen LogP contribution in [-0.2, 0) is 4.79 Å². The van der Waals surface area contributed by atoms with Crippen LogP contribution < -0.4 is 0 Å². The summed E-state index contributed by atoms with van der Waals surface area (Å²) < 4.78 is 1.28. The Hall–Kier alpha value is -1.46. The summed E-state index contributed by atoms with van der Waals surface area (Å²) in [5.41, 5.74) is 1.12. The minimum absolute atomic E-state index is 0.00110. The lowest BCUT2D eigenvalue weighted by Gasteiger charge is -2.40. The summed E-state index contributed by atoms with van der Waals surface area (Å²) in [6, 6.07) is 8.41. The third-order valence-corrected chi connectivity index (χ3v) is 7.47. The number of para-hydroxylation sites is 1. The van der Waals surface area contributed by atoms with Gasteiger partial charge in [-0.05, 0) is 63.2 Å². The van der Waals surface area contributed by atoms with Crippen LogP contribution >= 0.6 is 11.3 Å². The van der Waals surface area contributed by atoms with Gasteiger partial charge in [-0.3, -0.25) is 9.69 Å². The molecule has 27 heavy (non-hydrogen) atoms. The largest absolute Gasteiger partial charge is 0.341 e. The zero-order valence-electron chi connectivity index (χ0n) is 16.7. The first-order chi connectivity index (χ1) is 13.0. The van der Waals surface area contributed by atoms with Gasteiger partial charge in [0.2, 0.25) is 5.91 Å². The molecule has 0 N–H and O–H groups in total. The van der Waals surface area contributed by atoms with Crippen LogP contribution in [0.25, 0.3) is 10.2 Å². The maximum Gasteiger partial charge on any atom is 0.239 e. The van der Waals surface area contributed by atoms with Crippen molar-refractivity contribution in [2.45, 2.75) is 52.0 Å². The van der Waals surface area contributed by atoms with Crippen LogP contribution in [-0.4, -0.2) is 52.9 Å². The normalized spacial score (nSPS) is 26.4. The van der Waals surface area contributed by atoms with Crippen molar-refractivity contribution in [3.05, 3.63) is 29.3 Å². The third kappa shape index (κ3) is 4.04. The first-order valence-corrected chi connectivity index (χ1v) is 11.2. The molecule has 2 aromatic rings. The van der Waals surface area contributed by atoms with Crippen LogP contribution in [0.2, 0.25) is 0 Å².